The van der Waals surface area contributed by atoms with Crippen molar-refractivity contribution in [2.24, 2.45) is 5.92 Å². The Bertz CT molecular complexity index is 787. The lowest BCUT2D eigenvalue weighted by Crippen LogP contribution is -2.47. The first kappa shape index (κ1) is 22.3. The molecule has 0 radical (unpaired) electrons. The summed E-state index contributed by atoms with van der Waals surface area (Å²) >= 11 is 0. The quantitative estimate of drug-likeness (QED) is 0.572. The zero-order chi connectivity index (χ0) is 21.9. The summed E-state index contributed by atoms with van der Waals surface area (Å²) in [6, 6.07) is 1.42. The van der Waals surface area contributed by atoms with Crippen molar-refractivity contribution in [1.82, 2.24) is 20.0 Å². The van der Waals surface area contributed by atoms with Crippen LogP contribution in [-0.4, -0.2) is 55.8 Å². The summed E-state index contributed by atoms with van der Waals surface area (Å²) in [6.45, 7) is 8.22. The largest absolute Gasteiger partial charge is 0.389 e. The highest BCUT2D eigenvalue weighted by atomic mass is 16.3. The molecule has 30 heavy (non-hydrogen) atoms. The highest BCUT2D eigenvalue weighted by Crippen LogP contribution is 2.31. The summed E-state index contributed by atoms with van der Waals surface area (Å²) in [5, 5.41) is 20.5. The number of nitrogens with zero attached hydrogens (tertiary/aromatic N) is 3. The Kier molecular flexibility index (Phi) is 6.85. The summed E-state index contributed by atoms with van der Waals surface area (Å²) in [5.41, 5.74) is -0.0418. The van der Waals surface area contributed by atoms with Crippen molar-refractivity contribution in [1.29, 1.82) is 0 Å². The third-order valence-corrected chi connectivity index (χ3v) is 5.55. The molecule has 1 aromatic rings. The van der Waals surface area contributed by atoms with Gasteiger partial charge in [-0.2, -0.15) is 5.10 Å². The van der Waals surface area contributed by atoms with Crippen molar-refractivity contribution in [3.63, 3.8) is 0 Å². The molecule has 1 aromatic heterocycles. The maximum Gasteiger partial charge on any atom is 0.249 e. The van der Waals surface area contributed by atoms with Crippen molar-refractivity contribution < 1.29 is 14.7 Å². The van der Waals surface area contributed by atoms with E-state index >= 15 is 0 Å². The van der Waals surface area contributed by atoms with Crippen LogP contribution in [0.2, 0.25) is 0 Å². The summed E-state index contributed by atoms with van der Waals surface area (Å²) in [5.74, 6) is 0.566. The van der Waals surface area contributed by atoms with Crippen LogP contribution in [0.3, 0.4) is 0 Å². The first-order valence-corrected chi connectivity index (χ1v) is 10.9. The van der Waals surface area contributed by atoms with Crippen molar-refractivity contribution in [2.75, 3.05) is 11.9 Å². The molecule has 0 unspecified atom stereocenters. The van der Waals surface area contributed by atoms with Gasteiger partial charge in [0.2, 0.25) is 11.8 Å². The van der Waals surface area contributed by atoms with Crippen molar-refractivity contribution in [3.8, 4) is 0 Å². The molecule has 0 aromatic carbocycles. The summed E-state index contributed by atoms with van der Waals surface area (Å²) < 4.78 is 1.61. The Labute approximate surface area is 178 Å². The van der Waals surface area contributed by atoms with Gasteiger partial charge in [0.15, 0.2) is 5.82 Å². The van der Waals surface area contributed by atoms with Gasteiger partial charge in [-0.05, 0) is 40.0 Å². The predicted molar refractivity (Wildman–Crippen MR) is 116 cm³/mol. The third-order valence-electron chi connectivity index (χ3n) is 5.55. The molecule has 1 saturated carbocycles. The van der Waals surface area contributed by atoms with Crippen LogP contribution in [-0.2, 0) is 16.1 Å². The fraction of sp³-hybridized carbons (Fsp3) is 0.682. The molecular formula is C22H35N5O3. The molecule has 1 atom stereocenters. The van der Waals surface area contributed by atoms with Crippen LogP contribution in [0.4, 0.5) is 5.82 Å². The lowest BCUT2D eigenvalue weighted by Gasteiger charge is -2.29. The number of anilines is 1. The first-order chi connectivity index (χ1) is 14.1. The average Bonchev–Trinajstić information content (AvgIpc) is 3.33. The minimum absolute atomic E-state index is 0.121. The fourth-order valence-electron chi connectivity index (χ4n) is 4.32. The van der Waals surface area contributed by atoms with Gasteiger partial charge in [0, 0.05) is 30.1 Å². The van der Waals surface area contributed by atoms with E-state index in [9.17, 15) is 14.7 Å². The molecule has 1 fully saturated rings. The number of hydrogen-bond acceptors (Lipinski definition) is 5. The summed E-state index contributed by atoms with van der Waals surface area (Å²) in [6.07, 6.45) is 8.59. The smallest absolute Gasteiger partial charge is 0.249 e. The van der Waals surface area contributed by atoms with E-state index in [4.69, 9.17) is 0 Å². The van der Waals surface area contributed by atoms with Gasteiger partial charge >= 0.3 is 0 Å². The van der Waals surface area contributed by atoms with Gasteiger partial charge in [-0.25, -0.2) is 0 Å². The normalized spacial score (nSPS) is 18.8. The second-order valence-corrected chi connectivity index (χ2v) is 9.54. The highest BCUT2D eigenvalue weighted by Gasteiger charge is 2.36. The van der Waals surface area contributed by atoms with Crippen molar-refractivity contribution in [3.05, 3.63) is 24.0 Å². The predicted octanol–water partition coefficient (Wildman–Crippen LogP) is 2.27. The zero-order valence-corrected chi connectivity index (χ0v) is 18.5. The van der Waals surface area contributed by atoms with E-state index in [0.717, 1.165) is 18.5 Å². The van der Waals surface area contributed by atoms with E-state index < -0.39 is 11.6 Å². The van der Waals surface area contributed by atoms with E-state index in [1.165, 1.54) is 12.8 Å². The van der Waals surface area contributed by atoms with E-state index in [1.54, 1.807) is 41.8 Å². The molecule has 0 spiro atoms. The van der Waals surface area contributed by atoms with Crippen LogP contribution in [0, 0.1) is 5.92 Å². The van der Waals surface area contributed by atoms with E-state index in [-0.39, 0.29) is 17.9 Å². The maximum atomic E-state index is 13.2. The van der Waals surface area contributed by atoms with Crippen LogP contribution in [0.25, 0.3) is 0 Å². The molecule has 0 bridgehead atoms. The molecule has 1 aliphatic carbocycles. The molecule has 8 nitrogen and oxygen atoms in total. The van der Waals surface area contributed by atoms with Gasteiger partial charge in [0.25, 0.3) is 0 Å². The molecule has 8 heteroatoms. The Morgan fingerprint density at radius 2 is 2.03 bits per heavy atom. The van der Waals surface area contributed by atoms with Gasteiger partial charge in [-0.1, -0.05) is 25.7 Å². The SMILES string of the molecule is CC(C)NC1=CC(=O)N([C@@H](CC2CCCC2)C(=O)Nc2ccn(CC(C)(C)O)n2)C1. The Hall–Kier alpha value is -2.35. The Morgan fingerprint density at radius 3 is 2.67 bits per heavy atom. The van der Waals surface area contributed by atoms with Gasteiger partial charge in [0.05, 0.1) is 18.7 Å². The van der Waals surface area contributed by atoms with Crippen molar-refractivity contribution in [2.45, 2.75) is 84.0 Å². The molecule has 1 aliphatic heterocycles. The number of carbonyl (C=O) groups is 2. The van der Waals surface area contributed by atoms with Gasteiger partial charge in [-0.15, -0.1) is 0 Å². The third kappa shape index (κ3) is 6.08. The van der Waals surface area contributed by atoms with Crippen LogP contribution in [0.15, 0.2) is 24.0 Å². The van der Waals surface area contributed by atoms with Crippen molar-refractivity contribution >= 4 is 17.6 Å². The Balaban J connectivity index is 1.70. The molecule has 3 rings (SSSR count). The van der Waals surface area contributed by atoms with E-state index in [0.29, 0.717) is 31.2 Å². The van der Waals surface area contributed by atoms with Crippen LogP contribution < -0.4 is 10.6 Å². The minimum Gasteiger partial charge on any atom is -0.389 e. The summed E-state index contributed by atoms with van der Waals surface area (Å²) in [7, 11) is 0. The number of aliphatic hydroxyl groups is 1. The molecule has 0 saturated heterocycles. The molecule has 2 aliphatic rings. The highest BCUT2D eigenvalue weighted by molar-refractivity contribution is 5.99. The molecule has 2 heterocycles. The maximum absolute atomic E-state index is 13.2. The van der Waals surface area contributed by atoms with Gasteiger partial charge < -0.3 is 20.6 Å². The van der Waals surface area contributed by atoms with Crippen LogP contribution >= 0.6 is 0 Å². The van der Waals surface area contributed by atoms with E-state index in [2.05, 4.69) is 15.7 Å². The molecule has 3 N–H and O–H groups in total. The second-order valence-electron chi connectivity index (χ2n) is 9.54. The van der Waals surface area contributed by atoms with Crippen LogP contribution in [0.1, 0.15) is 59.8 Å². The molecule has 2 amide bonds. The number of hydrogen-bond donors (Lipinski definition) is 3. The zero-order valence-electron chi connectivity index (χ0n) is 18.5. The lowest BCUT2D eigenvalue weighted by atomic mass is 9.96. The summed E-state index contributed by atoms with van der Waals surface area (Å²) in [4.78, 5) is 27.6. The first-order valence-electron chi connectivity index (χ1n) is 10.9. The van der Waals surface area contributed by atoms with Gasteiger partial charge in [-0.3, -0.25) is 14.3 Å². The standard InChI is InChI=1S/C22H35N5O3/c1-15(2)23-17-12-20(28)27(13-17)18(11-16-7-5-6-8-16)21(29)24-19-9-10-26(25-19)14-22(3,4)30/h9-10,12,15-16,18,23,30H,5-8,11,13-14H2,1-4H3,(H,24,25,29)/t18-/m0/s1. The number of amides is 2. The molecular weight excluding hydrogens is 382 g/mol. The average molecular weight is 418 g/mol. The fourth-order valence-corrected chi connectivity index (χ4v) is 4.32. The monoisotopic (exact) mass is 417 g/mol. The topological polar surface area (TPSA) is 99.5 Å². The number of aromatic nitrogens is 2. The second kappa shape index (κ2) is 9.20. The van der Waals surface area contributed by atoms with Gasteiger partial charge in [0.1, 0.15) is 6.04 Å². The lowest BCUT2D eigenvalue weighted by molar-refractivity contribution is -0.133. The number of carbonyl (C=O) groups excluding carboxylic acids is 2. The van der Waals surface area contributed by atoms with E-state index in [1.807, 2.05) is 13.8 Å². The molecule has 166 valence electrons. The van der Waals surface area contributed by atoms with Crippen LogP contribution in [0.5, 0.6) is 0 Å². The number of nitrogens with one attached hydrogen (secondary N) is 2. The minimum atomic E-state index is -0.897. The number of rotatable bonds is 9. The Morgan fingerprint density at radius 1 is 1.33 bits per heavy atom.